The molecule has 0 spiro atoms. The van der Waals surface area contributed by atoms with Gasteiger partial charge in [-0.1, -0.05) is 33.8 Å². The predicted octanol–water partition coefficient (Wildman–Crippen LogP) is 6.25. The Hall–Kier alpha value is -3.94. The molecule has 2 aromatic carbocycles. The highest BCUT2D eigenvalue weighted by atomic mass is 19.1. The van der Waals surface area contributed by atoms with Crippen LogP contribution in [0.4, 0.5) is 10.1 Å². The molecule has 7 nitrogen and oxygen atoms in total. The molecular formula is C32H34FNO6. The van der Waals surface area contributed by atoms with Gasteiger partial charge in [0.15, 0.2) is 29.7 Å². The van der Waals surface area contributed by atoms with Crippen molar-refractivity contribution in [3.63, 3.8) is 0 Å². The molecule has 0 radical (unpaired) electrons. The number of hydrogen-bond donors (Lipinski definition) is 1. The highest BCUT2D eigenvalue weighted by Crippen LogP contribution is 2.53. The van der Waals surface area contributed by atoms with Gasteiger partial charge in [0.2, 0.25) is 0 Å². The van der Waals surface area contributed by atoms with Crippen LogP contribution < -0.4 is 14.8 Å². The number of Topliss-reactive ketones (excluding diaryl/α,β-unsaturated/α-hetero) is 2. The van der Waals surface area contributed by atoms with Gasteiger partial charge in [0, 0.05) is 48.4 Å². The molecule has 1 N–H and O–H groups in total. The van der Waals surface area contributed by atoms with Gasteiger partial charge in [-0.2, -0.15) is 0 Å². The van der Waals surface area contributed by atoms with E-state index in [1.54, 1.807) is 18.2 Å². The summed E-state index contributed by atoms with van der Waals surface area (Å²) in [6.07, 6.45) is 1.96. The molecule has 0 saturated carbocycles. The van der Waals surface area contributed by atoms with Crippen LogP contribution in [0.3, 0.4) is 0 Å². The van der Waals surface area contributed by atoms with Crippen LogP contribution in [0.2, 0.25) is 0 Å². The van der Waals surface area contributed by atoms with E-state index in [1.807, 2.05) is 27.7 Å². The van der Waals surface area contributed by atoms with Gasteiger partial charge in [-0.15, -0.1) is 0 Å². The van der Waals surface area contributed by atoms with Crippen LogP contribution in [-0.2, 0) is 19.1 Å². The highest BCUT2D eigenvalue weighted by molar-refractivity contribution is 6.06. The van der Waals surface area contributed by atoms with Crippen molar-refractivity contribution in [2.24, 2.45) is 10.8 Å². The van der Waals surface area contributed by atoms with Gasteiger partial charge in [-0.25, -0.2) is 4.39 Å². The lowest BCUT2D eigenvalue weighted by molar-refractivity contribution is -0.120. The molecule has 0 saturated heterocycles. The molecule has 1 amide bonds. The van der Waals surface area contributed by atoms with Gasteiger partial charge in [0.25, 0.3) is 5.91 Å². The number of rotatable bonds is 6. The monoisotopic (exact) mass is 547 g/mol. The van der Waals surface area contributed by atoms with Gasteiger partial charge in [-0.3, -0.25) is 14.4 Å². The third-order valence-electron chi connectivity index (χ3n) is 7.59. The molecule has 2 aliphatic carbocycles. The highest BCUT2D eigenvalue weighted by Gasteiger charge is 2.47. The number of ether oxygens (including phenoxy) is 3. The summed E-state index contributed by atoms with van der Waals surface area (Å²) in [4.78, 5) is 39.4. The second-order valence-corrected chi connectivity index (χ2v) is 12.3. The number of carbonyl (C=O) groups is 3. The fourth-order valence-electron chi connectivity index (χ4n) is 5.86. The number of anilines is 1. The number of halogens is 1. The second-order valence-electron chi connectivity index (χ2n) is 12.3. The molecule has 0 atom stereocenters. The van der Waals surface area contributed by atoms with Gasteiger partial charge in [0.1, 0.15) is 17.3 Å². The standard InChI is InChI=1S/C32H34FNO6/c1-31(2)13-21(35)29-25(15-31)40-26-16-32(3,4)14-22(36)30(26)28(29)18-6-11-23(24(12-18)38-5)39-17-27(37)34-20-9-7-19(33)8-10-20/h6-12,28H,13-17H2,1-5H3,(H,34,37). The number of hydrogen-bond acceptors (Lipinski definition) is 6. The van der Waals surface area contributed by atoms with E-state index in [9.17, 15) is 18.8 Å². The summed E-state index contributed by atoms with van der Waals surface area (Å²) >= 11 is 0. The first kappa shape index (κ1) is 27.6. The van der Waals surface area contributed by atoms with Gasteiger partial charge >= 0.3 is 0 Å². The number of methoxy groups -OCH3 is 1. The second kappa shape index (κ2) is 10.2. The van der Waals surface area contributed by atoms with Gasteiger partial charge in [0.05, 0.1) is 7.11 Å². The minimum atomic E-state index is -0.560. The van der Waals surface area contributed by atoms with Crippen LogP contribution in [0.5, 0.6) is 11.5 Å². The van der Waals surface area contributed by atoms with E-state index < -0.39 is 17.6 Å². The number of amides is 1. The maximum atomic E-state index is 13.5. The maximum absolute atomic E-state index is 13.5. The number of benzene rings is 2. The van der Waals surface area contributed by atoms with Crippen LogP contribution in [0.1, 0.15) is 64.9 Å². The smallest absolute Gasteiger partial charge is 0.262 e. The van der Waals surface area contributed by atoms with Crippen LogP contribution >= 0.6 is 0 Å². The molecular weight excluding hydrogens is 513 g/mol. The zero-order chi connectivity index (χ0) is 28.8. The fourth-order valence-corrected chi connectivity index (χ4v) is 5.86. The Balaban J connectivity index is 1.46. The first-order chi connectivity index (χ1) is 18.9. The molecule has 0 unspecified atom stereocenters. The average molecular weight is 548 g/mol. The van der Waals surface area contributed by atoms with Crippen LogP contribution in [0, 0.1) is 16.6 Å². The van der Waals surface area contributed by atoms with Gasteiger partial charge in [-0.05, 0) is 52.8 Å². The summed E-state index contributed by atoms with van der Waals surface area (Å²) in [6.45, 7) is 7.90. The summed E-state index contributed by atoms with van der Waals surface area (Å²) in [5, 5.41) is 2.65. The summed E-state index contributed by atoms with van der Waals surface area (Å²) < 4.78 is 30.8. The summed E-state index contributed by atoms with van der Waals surface area (Å²) in [5.74, 6) is 0.590. The predicted molar refractivity (Wildman–Crippen MR) is 147 cm³/mol. The zero-order valence-corrected chi connectivity index (χ0v) is 23.5. The topological polar surface area (TPSA) is 90.9 Å². The molecule has 5 rings (SSSR count). The normalized spacial score (nSPS) is 19.9. The summed E-state index contributed by atoms with van der Waals surface area (Å²) in [5.41, 5.74) is 1.78. The molecule has 2 aromatic rings. The third kappa shape index (κ3) is 5.53. The fraction of sp³-hybridized carbons (Fsp3) is 0.406. The van der Waals surface area contributed by atoms with Crippen molar-refractivity contribution in [1.82, 2.24) is 0 Å². The Morgan fingerprint density at radius 1 is 0.900 bits per heavy atom. The van der Waals surface area contributed by atoms with E-state index in [-0.39, 0.29) is 29.0 Å². The Morgan fingerprint density at radius 3 is 2.02 bits per heavy atom. The van der Waals surface area contributed by atoms with Crippen molar-refractivity contribution in [3.05, 3.63) is 76.5 Å². The van der Waals surface area contributed by atoms with Crippen molar-refractivity contribution in [2.45, 2.75) is 59.3 Å². The lowest BCUT2D eigenvalue weighted by atomic mass is 9.65. The Bertz CT molecular complexity index is 1400. The molecule has 0 bridgehead atoms. The molecule has 1 aliphatic heterocycles. The quantitative estimate of drug-likeness (QED) is 0.460. The number of allylic oxidation sites excluding steroid dienone is 4. The largest absolute Gasteiger partial charge is 0.493 e. The SMILES string of the molecule is COc1cc(C2C3=C(CC(C)(C)CC3=O)OC3=C2C(=O)CC(C)(C)C3)ccc1OCC(=O)Nc1ccc(F)cc1. The molecule has 0 aromatic heterocycles. The van der Waals surface area contributed by atoms with Crippen LogP contribution in [-0.4, -0.2) is 31.2 Å². The Labute approximate surface area is 233 Å². The number of nitrogens with one attached hydrogen (secondary N) is 1. The average Bonchev–Trinajstić information content (AvgIpc) is 2.86. The van der Waals surface area contributed by atoms with Crippen LogP contribution in [0.15, 0.2) is 65.1 Å². The molecule has 0 fully saturated rings. The lowest BCUT2D eigenvalue weighted by Crippen LogP contribution is -2.37. The molecule has 1 heterocycles. The Kier molecular flexibility index (Phi) is 7.06. The van der Waals surface area contributed by atoms with E-state index >= 15 is 0 Å². The van der Waals surface area contributed by atoms with Crippen molar-refractivity contribution >= 4 is 23.2 Å². The summed E-state index contributed by atoms with van der Waals surface area (Å²) in [7, 11) is 1.49. The van der Waals surface area contributed by atoms with Gasteiger partial charge < -0.3 is 19.5 Å². The van der Waals surface area contributed by atoms with E-state index in [4.69, 9.17) is 14.2 Å². The number of carbonyl (C=O) groups excluding carboxylic acids is 3. The molecule has 8 heteroatoms. The van der Waals surface area contributed by atoms with E-state index in [0.717, 1.165) is 5.56 Å². The first-order valence-corrected chi connectivity index (χ1v) is 13.4. The first-order valence-electron chi connectivity index (χ1n) is 13.4. The minimum absolute atomic E-state index is 0.0165. The lowest BCUT2D eigenvalue weighted by Gasteiger charge is -2.42. The van der Waals surface area contributed by atoms with E-state index in [1.165, 1.54) is 31.4 Å². The summed E-state index contributed by atoms with van der Waals surface area (Å²) in [6, 6.07) is 10.7. The van der Waals surface area contributed by atoms with E-state index in [0.29, 0.717) is 65.5 Å². The van der Waals surface area contributed by atoms with Crippen molar-refractivity contribution < 1.29 is 33.0 Å². The maximum Gasteiger partial charge on any atom is 0.262 e. The number of ketones is 2. The molecule has 40 heavy (non-hydrogen) atoms. The zero-order valence-electron chi connectivity index (χ0n) is 23.5. The van der Waals surface area contributed by atoms with Crippen LogP contribution in [0.25, 0.3) is 0 Å². The van der Waals surface area contributed by atoms with E-state index in [2.05, 4.69) is 5.32 Å². The van der Waals surface area contributed by atoms with Crippen molar-refractivity contribution in [3.8, 4) is 11.5 Å². The van der Waals surface area contributed by atoms with Crippen molar-refractivity contribution in [1.29, 1.82) is 0 Å². The molecule has 3 aliphatic rings. The van der Waals surface area contributed by atoms with Crippen molar-refractivity contribution in [2.75, 3.05) is 19.0 Å². The Morgan fingerprint density at radius 2 is 1.48 bits per heavy atom. The molecule has 210 valence electrons. The third-order valence-corrected chi connectivity index (χ3v) is 7.59. The minimum Gasteiger partial charge on any atom is -0.493 e.